The van der Waals surface area contributed by atoms with Crippen LogP contribution in [0.1, 0.15) is 22.2 Å². The lowest BCUT2D eigenvalue weighted by atomic mass is 10.2. The molecule has 3 rings (SSSR count). The van der Waals surface area contributed by atoms with E-state index in [1.54, 1.807) is 6.08 Å². The summed E-state index contributed by atoms with van der Waals surface area (Å²) in [6.45, 7) is 2.25. The van der Waals surface area contributed by atoms with E-state index in [0.29, 0.717) is 28.7 Å². The normalized spacial score (nSPS) is 11.2. The molecule has 4 nitrogen and oxygen atoms in total. The Balaban J connectivity index is 1.71. The highest BCUT2D eigenvalue weighted by Crippen LogP contribution is 2.22. The Kier molecular flexibility index (Phi) is 4.55. The van der Waals surface area contributed by atoms with E-state index in [1.165, 1.54) is 11.3 Å². The van der Waals surface area contributed by atoms with Crippen LogP contribution in [0.2, 0.25) is 0 Å². The summed E-state index contributed by atoms with van der Waals surface area (Å²) in [5.74, 6) is 2.10. The number of furan rings is 1. The van der Waals surface area contributed by atoms with Crippen LogP contribution in [-0.2, 0) is 6.61 Å². The molecule has 0 atom stereocenters. The Bertz CT molecular complexity index is 857. The number of rotatable bonds is 5. The van der Waals surface area contributed by atoms with Crippen molar-refractivity contribution in [3.8, 4) is 11.8 Å². The van der Waals surface area contributed by atoms with Crippen molar-refractivity contribution < 1.29 is 9.15 Å². The highest BCUT2D eigenvalue weighted by Gasteiger charge is 2.08. The summed E-state index contributed by atoms with van der Waals surface area (Å²) >= 11 is 1.45. The molecule has 3 aromatic rings. The lowest BCUT2D eigenvalue weighted by Crippen LogP contribution is -1.92. The second-order valence-corrected chi connectivity index (χ2v) is 5.73. The molecule has 0 aliphatic heterocycles. The zero-order valence-corrected chi connectivity index (χ0v) is 13.3. The highest BCUT2D eigenvalue weighted by atomic mass is 32.1. The van der Waals surface area contributed by atoms with Crippen LogP contribution in [0, 0.1) is 18.3 Å². The summed E-state index contributed by atoms with van der Waals surface area (Å²) in [7, 11) is 0. The molecule has 0 N–H and O–H groups in total. The molecule has 2 heterocycles. The molecule has 0 fully saturated rings. The van der Waals surface area contributed by atoms with E-state index in [0.717, 1.165) is 11.4 Å². The van der Waals surface area contributed by atoms with Crippen molar-refractivity contribution >= 4 is 23.0 Å². The first-order chi connectivity index (χ1) is 11.2. The van der Waals surface area contributed by atoms with Crippen LogP contribution >= 0.6 is 11.3 Å². The van der Waals surface area contributed by atoms with Crippen molar-refractivity contribution in [1.29, 1.82) is 5.26 Å². The average Bonchev–Trinajstić information content (AvgIpc) is 3.20. The second kappa shape index (κ2) is 6.95. The predicted molar refractivity (Wildman–Crippen MR) is 89.8 cm³/mol. The van der Waals surface area contributed by atoms with E-state index in [-0.39, 0.29) is 0 Å². The molecular weight excluding hydrogens is 308 g/mol. The lowest BCUT2D eigenvalue weighted by molar-refractivity contribution is 0.269. The number of aromatic nitrogens is 1. The molecule has 0 spiro atoms. The number of nitriles is 1. The number of para-hydroxylation sites is 1. The molecule has 0 saturated carbocycles. The molecule has 1 aromatic carbocycles. The van der Waals surface area contributed by atoms with Gasteiger partial charge in [0, 0.05) is 17.2 Å². The summed E-state index contributed by atoms with van der Waals surface area (Å²) in [6.07, 6.45) is 1.70. The van der Waals surface area contributed by atoms with E-state index in [4.69, 9.17) is 9.15 Å². The van der Waals surface area contributed by atoms with Crippen LogP contribution in [0.25, 0.3) is 11.6 Å². The van der Waals surface area contributed by atoms with Gasteiger partial charge in [0.05, 0.1) is 5.57 Å². The largest absolute Gasteiger partial charge is 0.486 e. The predicted octanol–water partition coefficient (Wildman–Crippen LogP) is 4.69. The molecule has 2 aromatic heterocycles. The third-order valence-electron chi connectivity index (χ3n) is 3.06. The van der Waals surface area contributed by atoms with Gasteiger partial charge in [0.15, 0.2) is 0 Å². The highest BCUT2D eigenvalue weighted by molar-refractivity contribution is 7.11. The van der Waals surface area contributed by atoms with E-state index in [2.05, 4.69) is 11.1 Å². The summed E-state index contributed by atoms with van der Waals surface area (Å²) in [4.78, 5) is 4.32. The van der Waals surface area contributed by atoms with Gasteiger partial charge in [-0.25, -0.2) is 4.98 Å². The first-order valence-electron chi connectivity index (χ1n) is 7.05. The summed E-state index contributed by atoms with van der Waals surface area (Å²) in [5, 5.41) is 11.9. The van der Waals surface area contributed by atoms with Crippen LogP contribution in [0.5, 0.6) is 5.75 Å². The van der Waals surface area contributed by atoms with Crippen molar-refractivity contribution in [2.45, 2.75) is 13.5 Å². The van der Waals surface area contributed by atoms with Crippen LogP contribution in [0.15, 0.2) is 52.3 Å². The monoisotopic (exact) mass is 322 g/mol. The Morgan fingerprint density at radius 1 is 1.30 bits per heavy atom. The van der Waals surface area contributed by atoms with Gasteiger partial charge in [-0.05, 0) is 31.2 Å². The summed E-state index contributed by atoms with van der Waals surface area (Å²) < 4.78 is 11.3. The zero-order chi connectivity index (χ0) is 16.1. The molecule has 0 bridgehead atoms. The molecular formula is C18H14N2O2S. The number of nitrogens with zero attached hydrogens (tertiary/aromatic N) is 2. The SMILES string of the molecule is Cc1csc(/C(C#N)=C\c2ccc(COc3ccccc3)o2)n1. The quantitative estimate of drug-likeness (QED) is 0.639. The van der Waals surface area contributed by atoms with E-state index >= 15 is 0 Å². The molecule has 0 aliphatic rings. The standard InChI is InChI=1S/C18H14N2O2S/c1-13-12-23-18(20-13)14(10-19)9-16-7-8-17(22-16)11-21-15-5-3-2-4-6-15/h2-9,12H,11H2,1H3/b14-9-. The van der Waals surface area contributed by atoms with Crippen molar-refractivity contribution in [3.05, 3.63) is 70.1 Å². The molecule has 114 valence electrons. The summed E-state index contributed by atoms with van der Waals surface area (Å²) in [6, 6.07) is 15.4. The third kappa shape index (κ3) is 3.87. The first kappa shape index (κ1) is 15.1. The molecule has 23 heavy (non-hydrogen) atoms. The number of ether oxygens (including phenoxy) is 1. The fourth-order valence-corrected chi connectivity index (χ4v) is 2.75. The Labute approximate surface area is 138 Å². The Morgan fingerprint density at radius 2 is 2.13 bits per heavy atom. The maximum atomic E-state index is 9.29. The average molecular weight is 322 g/mol. The molecule has 5 heteroatoms. The maximum absolute atomic E-state index is 9.29. The topological polar surface area (TPSA) is 59.0 Å². The van der Waals surface area contributed by atoms with Gasteiger partial charge >= 0.3 is 0 Å². The Hall–Kier alpha value is -2.84. The third-order valence-corrected chi connectivity index (χ3v) is 4.06. The van der Waals surface area contributed by atoms with Gasteiger partial charge in [0.2, 0.25) is 0 Å². The van der Waals surface area contributed by atoms with Crippen LogP contribution in [0.3, 0.4) is 0 Å². The van der Waals surface area contributed by atoms with E-state index in [1.807, 2.05) is 54.8 Å². The van der Waals surface area contributed by atoms with Crippen LogP contribution < -0.4 is 4.74 Å². The van der Waals surface area contributed by atoms with E-state index in [9.17, 15) is 5.26 Å². The minimum atomic E-state index is 0.343. The number of hydrogen-bond acceptors (Lipinski definition) is 5. The van der Waals surface area contributed by atoms with Crippen molar-refractivity contribution in [2.75, 3.05) is 0 Å². The zero-order valence-electron chi connectivity index (χ0n) is 12.5. The minimum absolute atomic E-state index is 0.343. The molecule has 0 radical (unpaired) electrons. The molecule has 0 unspecified atom stereocenters. The number of hydrogen-bond donors (Lipinski definition) is 0. The van der Waals surface area contributed by atoms with Crippen LogP contribution in [0.4, 0.5) is 0 Å². The minimum Gasteiger partial charge on any atom is -0.486 e. The van der Waals surface area contributed by atoms with Gasteiger partial charge in [-0.15, -0.1) is 11.3 Å². The second-order valence-electron chi connectivity index (χ2n) is 4.87. The molecule has 0 amide bonds. The van der Waals surface area contributed by atoms with Crippen molar-refractivity contribution in [1.82, 2.24) is 4.98 Å². The summed E-state index contributed by atoms with van der Waals surface area (Å²) in [5.41, 5.74) is 1.40. The smallest absolute Gasteiger partial charge is 0.146 e. The van der Waals surface area contributed by atoms with Gasteiger partial charge in [0.1, 0.15) is 35.0 Å². The fourth-order valence-electron chi connectivity index (χ4n) is 1.98. The number of allylic oxidation sites excluding steroid dienone is 1. The first-order valence-corrected chi connectivity index (χ1v) is 7.93. The lowest BCUT2D eigenvalue weighted by Gasteiger charge is -2.02. The van der Waals surface area contributed by atoms with E-state index < -0.39 is 0 Å². The number of benzene rings is 1. The fraction of sp³-hybridized carbons (Fsp3) is 0.111. The molecule has 0 saturated heterocycles. The maximum Gasteiger partial charge on any atom is 0.146 e. The Morgan fingerprint density at radius 3 is 2.83 bits per heavy atom. The number of aryl methyl sites for hydroxylation is 1. The number of thiazole rings is 1. The van der Waals surface area contributed by atoms with Gasteiger partial charge in [-0.3, -0.25) is 0 Å². The van der Waals surface area contributed by atoms with Gasteiger partial charge in [-0.2, -0.15) is 5.26 Å². The van der Waals surface area contributed by atoms with Gasteiger partial charge < -0.3 is 9.15 Å². The van der Waals surface area contributed by atoms with Gasteiger partial charge in [-0.1, -0.05) is 18.2 Å². The van der Waals surface area contributed by atoms with Crippen molar-refractivity contribution in [3.63, 3.8) is 0 Å². The molecule has 0 aliphatic carbocycles. The van der Waals surface area contributed by atoms with Crippen molar-refractivity contribution in [2.24, 2.45) is 0 Å². The van der Waals surface area contributed by atoms with Gasteiger partial charge in [0.25, 0.3) is 0 Å². The van der Waals surface area contributed by atoms with Crippen LogP contribution in [-0.4, -0.2) is 4.98 Å².